The molecule has 4 aromatic rings. The summed E-state index contributed by atoms with van der Waals surface area (Å²) in [7, 11) is 0. The SMILES string of the molecule is C.C.CCOC(=O)c1ccc(C#C/C=C\c2ccc(CN3CCOCC3)cc2)cc1.CCOC(=O)c1ccc(C#C/C=C\c2ccc(CO)cc2)cc1. The van der Waals surface area contributed by atoms with Gasteiger partial charge in [0.05, 0.1) is 44.2 Å². The molecule has 0 bridgehead atoms. The Morgan fingerprint density at radius 1 is 0.660 bits per heavy atom. The zero-order valence-electron chi connectivity index (χ0n) is 29.1. The first-order valence-corrected chi connectivity index (χ1v) is 17.0. The van der Waals surface area contributed by atoms with Gasteiger partial charge in [-0.1, -0.05) is 87.1 Å². The smallest absolute Gasteiger partial charge is 0.338 e. The molecule has 53 heavy (non-hydrogen) atoms. The average Bonchev–Trinajstić information content (AvgIpc) is 3.17. The number of nitrogens with zero attached hydrogens (tertiary/aromatic N) is 1. The summed E-state index contributed by atoms with van der Waals surface area (Å²) in [6.45, 7) is 8.97. The van der Waals surface area contributed by atoms with Crippen LogP contribution in [-0.2, 0) is 27.4 Å². The molecule has 1 aliphatic rings. The van der Waals surface area contributed by atoms with Gasteiger partial charge in [0, 0.05) is 30.8 Å². The lowest BCUT2D eigenvalue weighted by Crippen LogP contribution is -2.35. The fourth-order valence-electron chi connectivity index (χ4n) is 4.82. The normalized spacial score (nSPS) is 12.1. The van der Waals surface area contributed by atoms with Gasteiger partial charge in [-0.25, -0.2) is 9.59 Å². The van der Waals surface area contributed by atoms with Crippen LogP contribution in [0, 0.1) is 23.7 Å². The Morgan fingerprint density at radius 3 is 1.47 bits per heavy atom. The molecule has 7 nitrogen and oxygen atoms in total. The fourth-order valence-corrected chi connectivity index (χ4v) is 4.82. The molecule has 1 aliphatic heterocycles. The molecule has 0 spiro atoms. The largest absolute Gasteiger partial charge is 0.462 e. The maximum Gasteiger partial charge on any atom is 0.338 e. The Morgan fingerprint density at radius 2 is 1.08 bits per heavy atom. The molecular formula is C46H51NO6. The van der Waals surface area contributed by atoms with Crippen molar-refractivity contribution in [3.05, 3.63) is 154 Å². The monoisotopic (exact) mass is 713 g/mol. The summed E-state index contributed by atoms with van der Waals surface area (Å²) in [6.07, 6.45) is 7.52. The van der Waals surface area contributed by atoms with Gasteiger partial charge in [0.15, 0.2) is 0 Å². The Bertz CT molecular complexity index is 1860. The number of allylic oxidation sites excluding steroid dienone is 2. The van der Waals surface area contributed by atoms with Crippen molar-refractivity contribution in [2.75, 3.05) is 39.5 Å². The maximum atomic E-state index is 11.6. The molecule has 1 heterocycles. The minimum Gasteiger partial charge on any atom is -0.462 e. The van der Waals surface area contributed by atoms with Gasteiger partial charge in [0.2, 0.25) is 0 Å². The highest BCUT2D eigenvalue weighted by Crippen LogP contribution is 2.11. The number of benzene rings is 4. The predicted molar refractivity (Wildman–Crippen MR) is 215 cm³/mol. The van der Waals surface area contributed by atoms with E-state index in [2.05, 4.69) is 52.8 Å². The number of carbonyl (C=O) groups is 2. The van der Waals surface area contributed by atoms with Gasteiger partial charge in [0.1, 0.15) is 0 Å². The van der Waals surface area contributed by atoms with Crippen LogP contribution in [-0.4, -0.2) is 61.5 Å². The summed E-state index contributed by atoms with van der Waals surface area (Å²) < 4.78 is 15.3. The van der Waals surface area contributed by atoms with E-state index in [1.165, 1.54) is 5.56 Å². The van der Waals surface area contributed by atoms with Gasteiger partial charge in [0.25, 0.3) is 0 Å². The highest BCUT2D eigenvalue weighted by molar-refractivity contribution is 5.90. The molecule has 1 saturated heterocycles. The summed E-state index contributed by atoms with van der Waals surface area (Å²) in [6, 6.07) is 30.3. The number of aliphatic hydroxyl groups is 1. The first kappa shape index (κ1) is 43.5. The fraction of sp³-hybridized carbons (Fsp3) is 0.261. The number of hydrogen-bond donors (Lipinski definition) is 1. The van der Waals surface area contributed by atoms with Crippen molar-refractivity contribution >= 4 is 24.1 Å². The second kappa shape index (κ2) is 24.5. The lowest BCUT2D eigenvalue weighted by Gasteiger charge is -2.26. The Kier molecular flexibility index (Phi) is 20.1. The van der Waals surface area contributed by atoms with Crippen LogP contribution in [0.25, 0.3) is 12.2 Å². The van der Waals surface area contributed by atoms with Crippen molar-refractivity contribution < 1.29 is 28.9 Å². The number of rotatable bonds is 9. The topological polar surface area (TPSA) is 85.3 Å². The summed E-state index contributed by atoms with van der Waals surface area (Å²) in [5.41, 5.74) is 7.10. The van der Waals surface area contributed by atoms with Crippen LogP contribution in [0.15, 0.2) is 109 Å². The Balaban J connectivity index is 0.000000360. The minimum atomic E-state index is -0.321. The molecule has 0 amide bonds. The molecule has 7 heteroatoms. The number of esters is 2. The highest BCUT2D eigenvalue weighted by atomic mass is 16.5. The standard InChI is InChI=1S/C24H25NO3.C20H18O3.2CH4/c1-2-28-24(26)23-13-11-21(12-14-23)6-4-3-5-20-7-9-22(10-8-20)19-25-15-17-27-18-16-25;1-2-23-20(22)19-13-11-17(12-14-19)6-4-3-5-16-7-9-18(15-21)10-8-16;;/h3,5,7-14H,2,15-19H2,1H3;3,5,7-14,21H,2,15H2,1H3;2*1H4/b2*5-3-;;. The Labute approximate surface area is 315 Å². The number of hydrogen-bond acceptors (Lipinski definition) is 7. The molecule has 0 saturated carbocycles. The molecule has 0 aromatic heterocycles. The number of ether oxygens (including phenoxy) is 3. The number of aliphatic hydroxyl groups excluding tert-OH is 1. The van der Waals surface area contributed by atoms with E-state index in [0.717, 1.165) is 60.7 Å². The van der Waals surface area contributed by atoms with Crippen LogP contribution in [0.3, 0.4) is 0 Å². The molecule has 1 N–H and O–H groups in total. The molecule has 0 aliphatic carbocycles. The number of morpholine rings is 1. The van der Waals surface area contributed by atoms with Gasteiger partial charge in [-0.3, -0.25) is 4.90 Å². The molecule has 0 unspecified atom stereocenters. The number of carbonyl (C=O) groups excluding carboxylic acids is 2. The predicted octanol–water partition coefficient (Wildman–Crippen LogP) is 8.45. The molecule has 4 aromatic carbocycles. The average molecular weight is 714 g/mol. The van der Waals surface area contributed by atoms with Crippen LogP contribution in [0.5, 0.6) is 0 Å². The van der Waals surface area contributed by atoms with E-state index in [1.807, 2.05) is 54.6 Å². The van der Waals surface area contributed by atoms with Crippen molar-refractivity contribution in [3.8, 4) is 23.7 Å². The molecular weight excluding hydrogens is 663 g/mol. The summed E-state index contributed by atoms with van der Waals surface area (Å²) in [5.74, 6) is 11.4. The van der Waals surface area contributed by atoms with Gasteiger partial charge in [-0.15, -0.1) is 0 Å². The molecule has 276 valence electrons. The molecule has 0 radical (unpaired) electrons. The van der Waals surface area contributed by atoms with E-state index < -0.39 is 0 Å². The highest BCUT2D eigenvalue weighted by Gasteiger charge is 2.10. The summed E-state index contributed by atoms with van der Waals surface area (Å²) >= 11 is 0. The van der Waals surface area contributed by atoms with Crippen LogP contribution in [0.1, 0.15) is 82.8 Å². The van der Waals surface area contributed by atoms with Crippen LogP contribution >= 0.6 is 0 Å². The zero-order chi connectivity index (χ0) is 36.1. The first-order chi connectivity index (χ1) is 25.0. The van der Waals surface area contributed by atoms with E-state index in [4.69, 9.17) is 19.3 Å². The van der Waals surface area contributed by atoms with Crippen LogP contribution in [0.2, 0.25) is 0 Å². The van der Waals surface area contributed by atoms with E-state index >= 15 is 0 Å². The van der Waals surface area contributed by atoms with Crippen molar-refractivity contribution in [3.63, 3.8) is 0 Å². The Hall–Kier alpha value is -5.70. The van der Waals surface area contributed by atoms with Gasteiger partial charge in [-0.05, 0) is 109 Å². The van der Waals surface area contributed by atoms with Gasteiger partial charge >= 0.3 is 11.9 Å². The van der Waals surface area contributed by atoms with E-state index in [1.54, 1.807) is 56.3 Å². The second-order valence-corrected chi connectivity index (χ2v) is 11.3. The van der Waals surface area contributed by atoms with Crippen LogP contribution < -0.4 is 0 Å². The molecule has 0 atom stereocenters. The molecule has 5 rings (SSSR count). The lowest BCUT2D eigenvalue weighted by atomic mass is 10.1. The third-order valence-electron chi connectivity index (χ3n) is 7.60. The summed E-state index contributed by atoms with van der Waals surface area (Å²) in [5, 5.41) is 8.98. The van der Waals surface area contributed by atoms with Crippen molar-refractivity contribution in [2.45, 2.75) is 41.9 Å². The van der Waals surface area contributed by atoms with Crippen molar-refractivity contribution in [1.82, 2.24) is 4.90 Å². The minimum absolute atomic E-state index is 0. The van der Waals surface area contributed by atoms with Gasteiger partial charge < -0.3 is 19.3 Å². The van der Waals surface area contributed by atoms with Crippen LogP contribution in [0.4, 0.5) is 0 Å². The van der Waals surface area contributed by atoms with E-state index in [-0.39, 0.29) is 33.4 Å². The third-order valence-corrected chi connectivity index (χ3v) is 7.60. The van der Waals surface area contributed by atoms with Crippen molar-refractivity contribution in [2.24, 2.45) is 0 Å². The van der Waals surface area contributed by atoms with E-state index in [0.29, 0.717) is 24.3 Å². The lowest BCUT2D eigenvalue weighted by molar-refractivity contribution is 0.0342. The van der Waals surface area contributed by atoms with Gasteiger partial charge in [-0.2, -0.15) is 0 Å². The summed E-state index contributed by atoms with van der Waals surface area (Å²) in [4.78, 5) is 25.6. The third kappa shape index (κ3) is 15.6. The second-order valence-electron chi connectivity index (χ2n) is 11.3. The van der Waals surface area contributed by atoms with E-state index in [9.17, 15) is 9.59 Å². The first-order valence-electron chi connectivity index (χ1n) is 17.0. The zero-order valence-corrected chi connectivity index (χ0v) is 29.1. The molecule has 1 fully saturated rings. The maximum absolute atomic E-state index is 11.6. The van der Waals surface area contributed by atoms with Crippen molar-refractivity contribution in [1.29, 1.82) is 0 Å². The quantitative estimate of drug-likeness (QED) is 0.138.